The van der Waals surface area contributed by atoms with Crippen LogP contribution in [0.25, 0.3) is 17.1 Å². The fraction of sp³-hybridized carbons (Fsp3) is 0.0714. The Hall–Kier alpha value is -2.21. The van der Waals surface area contributed by atoms with Crippen molar-refractivity contribution in [3.8, 4) is 17.1 Å². The lowest BCUT2D eigenvalue weighted by molar-refractivity contribution is 0.791. The molecule has 0 aliphatic heterocycles. The highest BCUT2D eigenvalue weighted by molar-refractivity contribution is 9.10. The average Bonchev–Trinajstić information content (AvgIpc) is 2.86. The van der Waals surface area contributed by atoms with E-state index in [0.29, 0.717) is 11.5 Å². The fourth-order valence-electron chi connectivity index (χ4n) is 2.09. The lowest BCUT2D eigenvalue weighted by Gasteiger charge is -2.06. The molecule has 1 aromatic heterocycles. The summed E-state index contributed by atoms with van der Waals surface area (Å²) in [6, 6.07) is 13.6. The molecule has 0 fully saturated rings. The van der Waals surface area contributed by atoms with E-state index in [2.05, 4.69) is 31.5 Å². The highest BCUT2D eigenvalue weighted by atomic mass is 79.9. The first kappa shape index (κ1) is 12.8. The molecule has 5 nitrogen and oxygen atoms in total. The highest BCUT2D eigenvalue weighted by Gasteiger charge is 2.11. The number of benzene rings is 2. The summed E-state index contributed by atoms with van der Waals surface area (Å²) in [4.78, 5) is 0. The molecule has 0 aliphatic rings. The maximum absolute atomic E-state index is 5.89. The van der Waals surface area contributed by atoms with Gasteiger partial charge >= 0.3 is 0 Å². The number of anilines is 1. The van der Waals surface area contributed by atoms with E-state index in [9.17, 15) is 0 Å². The van der Waals surface area contributed by atoms with Gasteiger partial charge in [0.1, 0.15) is 0 Å². The summed E-state index contributed by atoms with van der Waals surface area (Å²) in [5, 5.41) is 11.9. The van der Waals surface area contributed by atoms with Gasteiger partial charge in [0.25, 0.3) is 0 Å². The van der Waals surface area contributed by atoms with Crippen LogP contribution in [0, 0.1) is 6.92 Å². The van der Waals surface area contributed by atoms with E-state index >= 15 is 0 Å². The fourth-order valence-corrected chi connectivity index (χ4v) is 2.48. The molecule has 20 heavy (non-hydrogen) atoms. The predicted molar refractivity (Wildman–Crippen MR) is 81.4 cm³/mol. The molecule has 0 bridgehead atoms. The van der Waals surface area contributed by atoms with E-state index in [1.807, 2.05) is 49.4 Å². The van der Waals surface area contributed by atoms with Gasteiger partial charge in [0.2, 0.25) is 0 Å². The monoisotopic (exact) mass is 329 g/mol. The molecule has 0 spiro atoms. The summed E-state index contributed by atoms with van der Waals surface area (Å²) >= 11 is 3.45. The molecule has 0 unspecified atom stereocenters. The molecular weight excluding hydrogens is 318 g/mol. The Kier molecular flexibility index (Phi) is 3.23. The molecule has 0 aliphatic carbocycles. The average molecular weight is 330 g/mol. The number of nitrogen functional groups attached to an aromatic ring is 1. The number of halogens is 1. The lowest BCUT2D eigenvalue weighted by Crippen LogP contribution is -2.00. The van der Waals surface area contributed by atoms with Gasteiger partial charge in [-0.15, -0.1) is 5.10 Å². The zero-order chi connectivity index (χ0) is 14.1. The smallest absolute Gasteiger partial charge is 0.187 e. The van der Waals surface area contributed by atoms with E-state index in [-0.39, 0.29) is 0 Å². The number of hydrogen-bond acceptors (Lipinski definition) is 4. The SMILES string of the molecule is Cc1cc(N)cc(-c2nnnn2-c2cccc(Br)c2)c1. The Morgan fingerprint density at radius 1 is 1.15 bits per heavy atom. The molecule has 0 amide bonds. The normalized spacial score (nSPS) is 10.7. The van der Waals surface area contributed by atoms with Gasteiger partial charge in [-0.05, 0) is 59.3 Å². The Morgan fingerprint density at radius 3 is 2.75 bits per heavy atom. The third-order valence-electron chi connectivity index (χ3n) is 2.88. The van der Waals surface area contributed by atoms with Gasteiger partial charge in [-0.3, -0.25) is 0 Å². The van der Waals surface area contributed by atoms with Crippen molar-refractivity contribution in [3.63, 3.8) is 0 Å². The molecule has 0 saturated carbocycles. The van der Waals surface area contributed by atoms with E-state index in [1.54, 1.807) is 4.68 Å². The quantitative estimate of drug-likeness (QED) is 0.734. The molecule has 1 heterocycles. The third-order valence-corrected chi connectivity index (χ3v) is 3.37. The molecule has 2 N–H and O–H groups in total. The van der Waals surface area contributed by atoms with Crippen LogP contribution >= 0.6 is 15.9 Å². The van der Waals surface area contributed by atoms with Crippen LogP contribution in [0.3, 0.4) is 0 Å². The Balaban J connectivity index is 2.15. The van der Waals surface area contributed by atoms with Gasteiger partial charge in [0.05, 0.1) is 5.69 Å². The van der Waals surface area contributed by atoms with E-state index in [0.717, 1.165) is 21.3 Å². The largest absolute Gasteiger partial charge is 0.399 e. The second-order valence-corrected chi connectivity index (χ2v) is 5.44. The Labute approximate surface area is 124 Å². The molecule has 3 rings (SSSR count). The minimum absolute atomic E-state index is 0.665. The van der Waals surface area contributed by atoms with Crippen LogP contribution in [0.1, 0.15) is 5.56 Å². The number of hydrogen-bond donors (Lipinski definition) is 1. The summed E-state index contributed by atoms with van der Waals surface area (Å²) in [6.45, 7) is 1.99. The summed E-state index contributed by atoms with van der Waals surface area (Å²) in [5.41, 5.74) is 9.45. The topological polar surface area (TPSA) is 69.6 Å². The second kappa shape index (κ2) is 5.05. The molecule has 3 aromatic rings. The van der Waals surface area contributed by atoms with Gasteiger partial charge in [-0.2, -0.15) is 4.68 Å². The van der Waals surface area contributed by atoms with Crippen molar-refractivity contribution in [2.24, 2.45) is 0 Å². The first-order chi connectivity index (χ1) is 9.63. The molecule has 0 atom stereocenters. The van der Waals surface area contributed by atoms with Crippen LogP contribution in [0.5, 0.6) is 0 Å². The minimum Gasteiger partial charge on any atom is -0.399 e. The van der Waals surface area contributed by atoms with Crippen molar-refractivity contribution in [1.29, 1.82) is 0 Å². The summed E-state index contributed by atoms with van der Waals surface area (Å²) < 4.78 is 2.67. The summed E-state index contributed by atoms with van der Waals surface area (Å²) in [5.74, 6) is 0.665. The van der Waals surface area contributed by atoms with Crippen molar-refractivity contribution < 1.29 is 0 Å². The summed E-state index contributed by atoms with van der Waals surface area (Å²) in [6.07, 6.45) is 0. The minimum atomic E-state index is 0.665. The number of nitrogens with zero attached hydrogens (tertiary/aromatic N) is 4. The Bertz CT molecular complexity index is 746. The predicted octanol–water partition coefficient (Wildman–Crippen LogP) is 2.98. The first-order valence-corrected chi connectivity index (χ1v) is 6.84. The molecule has 2 aromatic carbocycles. The van der Waals surface area contributed by atoms with Crippen molar-refractivity contribution in [3.05, 3.63) is 52.5 Å². The zero-order valence-corrected chi connectivity index (χ0v) is 12.4. The van der Waals surface area contributed by atoms with Gasteiger partial charge in [0.15, 0.2) is 5.82 Å². The van der Waals surface area contributed by atoms with Crippen molar-refractivity contribution in [2.75, 3.05) is 5.73 Å². The van der Waals surface area contributed by atoms with Crippen molar-refractivity contribution >= 4 is 21.6 Å². The van der Waals surface area contributed by atoms with Gasteiger partial charge in [0, 0.05) is 15.7 Å². The van der Waals surface area contributed by atoms with Gasteiger partial charge in [-0.25, -0.2) is 0 Å². The maximum Gasteiger partial charge on any atom is 0.187 e. The lowest BCUT2D eigenvalue weighted by atomic mass is 10.1. The summed E-state index contributed by atoms with van der Waals surface area (Å²) in [7, 11) is 0. The van der Waals surface area contributed by atoms with Crippen molar-refractivity contribution in [1.82, 2.24) is 20.2 Å². The molecule has 100 valence electrons. The van der Waals surface area contributed by atoms with Gasteiger partial charge in [-0.1, -0.05) is 22.0 Å². The van der Waals surface area contributed by atoms with Crippen LogP contribution in [0.2, 0.25) is 0 Å². The standard InChI is InChI=1S/C14H12BrN5/c1-9-5-10(7-12(16)6-9)14-17-18-19-20(14)13-4-2-3-11(15)8-13/h2-8H,16H2,1H3. The molecular formula is C14H12BrN5. The first-order valence-electron chi connectivity index (χ1n) is 6.05. The van der Waals surface area contributed by atoms with Gasteiger partial charge < -0.3 is 5.73 Å². The number of rotatable bonds is 2. The van der Waals surface area contributed by atoms with E-state index < -0.39 is 0 Å². The molecule has 0 saturated heterocycles. The zero-order valence-electron chi connectivity index (χ0n) is 10.8. The van der Waals surface area contributed by atoms with E-state index in [1.165, 1.54) is 0 Å². The van der Waals surface area contributed by atoms with Crippen LogP contribution in [0.4, 0.5) is 5.69 Å². The van der Waals surface area contributed by atoms with Crippen LogP contribution in [-0.2, 0) is 0 Å². The van der Waals surface area contributed by atoms with Crippen LogP contribution in [-0.4, -0.2) is 20.2 Å². The van der Waals surface area contributed by atoms with Crippen LogP contribution < -0.4 is 5.73 Å². The number of tetrazole rings is 1. The van der Waals surface area contributed by atoms with E-state index in [4.69, 9.17) is 5.73 Å². The molecule has 6 heteroatoms. The Morgan fingerprint density at radius 2 is 2.00 bits per heavy atom. The second-order valence-electron chi connectivity index (χ2n) is 4.53. The highest BCUT2D eigenvalue weighted by Crippen LogP contribution is 2.24. The number of aromatic nitrogens is 4. The number of nitrogens with two attached hydrogens (primary N) is 1. The van der Waals surface area contributed by atoms with Crippen molar-refractivity contribution in [2.45, 2.75) is 6.92 Å². The maximum atomic E-state index is 5.89. The third kappa shape index (κ3) is 2.42. The molecule has 0 radical (unpaired) electrons. The van der Waals surface area contributed by atoms with Crippen LogP contribution in [0.15, 0.2) is 46.9 Å². The number of aryl methyl sites for hydroxylation is 1.